The fourth-order valence-electron chi connectivity index (χ4n) is 1.28. The summed E-state index contributed by atoms with van der Waals surface area (Å²) in [6.07, 6.45) is 0.729. The van der Waals surface area contributed by atoms with Gasteiger partial charge in [-0.15, -0.1) is 0 Å². The lowest BCUT2D eigenvalue weighted by molar-refractivity contribution is 0.112. The van der Waals surface area contributed by atoms with Gasteiger partial charge in [-0.05, 0) is 12.1 Å². The summed E-state index contributed by atoms with van der Waals surface area (Å²) in [5, 5.41) is 7.19. The molecule has 14 heavy (non-hydrogen) atoms. The van der Waals surface area contributed by atoms with Crippen molar-refractivity contribution in [3.8, 4) is 0 Å². The van der Waals surface area contributed by atoms with Gasteiger partial charge in [-0.1, -0.05) is 6.07 Å². The first-order valence-corrected chi connectivity index (χ1v) is 4.00. The first-order chi connectivity index (χ1) is 6.72. The Kier molecular flexibility index (Phi) is 1.78. The Balaban J connectivity index is 2.76. The van der Waals surface area contributed by atoms with Crippen LogP contribution in [-0.4, -0.2) is 22.1 Å². The van der Waals surface area contributed by atoms with E-state index in [9.17, 15) is 4.79 Å². The second-order valence-corrected chi connectivity index (χ2v) is 2.86. The molecule has 2 rings (SSSR count). The van der Waals surface area contributed by atoms with E-state index in [1.54, 1.807) is 18.2 Å². The van der Waals surface area contributed by atoms with Crippen LogP contribution in [0.5, 0.6) is 0 Å². The van der Waals surface area contributed by atoms with Crippen molar-refractivity contribution in [2.24, 2.45) is 5.73 Å². The topological polar surface area (TPSA) is 95.6 Å². The van der Waals surface area contributed by atoms with Crippen molar-refractivity contribution in [1.82, 2.24) is 9.97 Å². The van der Waals surface area contributed by atoms with Crippen LogP contribution in [0.4, 0.5) is 0 Å². The smallest absolute Gasteiger partial charge is 0.173 e. The number of hydrogen-bond donors (Lipinski definition) is 3. The number of fused-ring (bicyclic) bond motifs is 1. The monoisotopic (exact) mass is 188 g/mol. The van der Waals surface area contributed by atoms with Crippen molar-refractivity contribution in [3.63, 3.8) is 0 Å². The molecule has 0 aliphatic carbocycles. The number of aldehydes is 1. The lowest BCUT2D eigenvalue weighted by Gasteiger charge is -1.89. The number of rotatable bonds is 2. The Hall–Kier alpha value is -2.17. The van der Waals surface area contributed by atoms with E-state index in [1.807, 2.05) is 0 Å². The van der Waals surface area contributed by atoms with E-state index in [0.29, 0.717) is 16.6 Å². The Bertz CT molecular complexity index is 515. The minimum Gasteiger partial charge on any atom is -0.381 e. The van der Waals surface area contributed by atoms with Gasteiger partial charge in [0.05, 0.1) is 11.0 Å². The molecule has 0 amide bonds. The summed E-state index contributed by atoms with van der Waals surface area (Å²) in [5.41, 5.74) is 7.02. The quantitative estimate of drug-likeness (QED) is 0.367. The number of hydrogen-bond acceptors (Lipinski definition) is 3. The number of aromatic nitrogens is 2. The minimum absolute atomic E-state index is 0.141. The largest absolute Gasteiger partial charge is 0.381 e. The summed E-state index contributed by atoms with van der Waals surface area (Å²) in [6, 6.07) is 5.19. The lowest BCUT2D eigenvalue weighted by atomic mass is 10.2. The van der Waals surface area contributed by atoms with E-state index in [-0.39, 0.29) is 11.7 Å². The first kappa shape index (κ1) is 8.43. The van der Waals surface area contributed by atoms with Crippen molar-refractivity contribution in [2.45, 2.75) is 0 Å². The fourth-order valence-corrected chi connectivity index (χ4v) is 1.28. The predicted molar refractivity (Wildman–Crippen MR) is 52.5 cm³/mol. The molecule has 1 heterocycles. The van der Waals surface area contributed by atoms with E-state index >= 15 is 0 Å². The third kappa shape index (κ3) is 1.15. The van der Waals surface area contributed by atoms with Gasteiger partial charge in [-0.3, -0.25) is 10.2 Å². The molecule has 0 atom stereocenters. The molecule has 70 valence electrons. The molecule has 0 saturated heterocycles. The number of imidazole rings is 1. The Labute approximate surface area is 79.5 Å². The van der Waals surface area contributed by atoms with E-state index in [1.165, 1.54) is 0 Å². The van der Waals surface area contributed by atoms with Crippen LogP contribution in [0, 0.1) is 5.41 Å². The average Bonchev–Trinajstić information content (AvgIpc) is 2.60. The number of amidine groups is 1. The molecule has 5 nitrogen and oxygen atoms in total. The molecule has 1 aromatic heterocycles. The summed E-state index contributed by atoms with van der Waals surface area (Å²) in [6.45, 7) is 0. The summed E-state index contributed by atoms with van der Waals surface area (Å²) in [7, 11) is 0. The van der Waals surface area contributed by atoms with Crippen molar-refractivity contribution in [3.05, 3.63) is 29.6 Å². The SMILES string of the molecule is N=C(N)c1nc2c(C=O)cccc2[nH]1. The maximum Gasteiger partial charge on any atom is 0.173 e. The van der Waals surface area contributed by atoms with Gasteiger partial charge < -0.3 is 10.7 Å². The molecular formula is C9H8N4O. The first-order valence-electron chi connectivity index (χ1n) is 4.00. The average molecular weight is 188 g/mol. The molecule has 5 heteroatoms. The second kappa shape index (κ2) is 2.95. The Morgan fingerprint density at radius 3 is 3.00 bits per heavy atom. The van der Waals surface area contributed by atoms with Crippen molar-refractivity contribution < 1.29 is 4.79 Å². The molecule has 0 aliphatic rings. The summed E-state index contributed by atoms with van der Waals surface area (Å²) in [5.74, 6) is 0.146. The number of carbonyl (C=O) groups is 1. The van der Waals surface area contributed by atoms with Crippen LogP contribution >= 0.6 is 0 Å². The molecule has 2 aromatic rings. The standard InChI is InChI=1S/C9H8N4O/c10-8(11)9-12-6-3-1-2-5(4-14)7(6)13-9/h1-4H,(H3,10,11)(H,12,13). The van der Waals surface area contributed by atoms with Gasteiger partial charge in [0.1, 0.15) is 0 Å². The number of nitrogens with zero attached hydrogens (tertiary/aromatic N) is 1. The highest BCUT2D eigenvalue weighted by atomic mass is 16.1. The zero-order valence-electron chi connectivity index (χ0n) is 7.24. The van der Waals surface area contributed by atoms with Crippen molar-refractivity contribution in [2.75, 3.05) is 0 Å². The van der Waals surface area contributed by atoms with Crippen LogP contribution in [0.3, 0.4) is 0 Å². The number of benzene rings is 1. The van der Waals surface area contributed by atoms with Crippen molar-refractivity contribution in [1.29, 1.82) is 5.41 Å². The van der Waals surface area contributed by atoms with E-state index in [0.717, 1.165) is 6.29 Å². The number of nitrogens with one attached hydrogen (secondary N) is 2. The van der Waals surface area contributed by atoms with Crippen LogP contribution in [-0.2, 0) is 0 Å². The number of H-pyrrole nitrogens is 1. The number of aromatic amines is 1. The van der Waals surface area contributed by atoms with E-state index < -0.39 is 0 Å². The fraction of sp³-hybridized carbons (Fsp3) is 0. The Morgan fingerprint density at radius 1 is 1.57 bits per heavy atom. The van der Waals surface area contributed by atoms with Gasteiger partial charge >= 0.3 is 0 Å². The van der Waals surface area contributed by atoms with Crippen LogP contribution in [0.1, 0.15) is 16.2 Å². The molecule has 1 aromatic carbocycles. The van der Waals surface area contributed by atoms with Crippen LogP contribution in [0.15, 0.2) is 18.2 Å². The summed E-state index contributed by atoms with van der Waals surface area (Å²) >= 11 is 0. The van der Waals surface area contributed by atoms with Gasteiger partial charge in [0, 0.05) is 5.56 Å². The highest BCUT2D eigenvalue weighted by molar-refractivity contribution is 5.99. The molecule has 0 fully saturated rings. The normalized spacial score (nSPS) is 10.3. The number of carbonyl (C=O) groups excluding carboxylic acids is 1. The number of para-hydroxylation sites is 1. The minimum atomic E-state index is -0.141. The third-order valence-corrected chi connectivity index (χ3v) is 1.93. The zero-order chi connectivity index (χ0) is 10.1. The Morgan fingerprint density at radius 2 is 2.36 bits per heavy atom. The molecule has 0 bridgehead atoms. The van der Waals surface area contributed by atoms with Gasteiger partial charge in [0.25, 0.3) is 0 Å². The number of nitrogens with two attached hydrogens (primary N) is 1. The lowest BCUT2D eigenvalue weighted by Crippen LogP contribution is -2.12. The molecule has 0 saturated carbocycles. The second-order valence-electron chi connectivity index (χ2n) is 2.86. The van der Waals surface area contributed by atoms with Gasteiger partial charge in [-0.2, -0.15) is 0 Å². The number of nitrogen functional groups attached to an aromatic ring is 1. The maximum atomic E-state index is 10.7. The molecule has 0 spiro atoms. The van der Waals surface area contributed by atoms with E-state index in [4.69, 9.17) is 11.1 Å². The van der Waals surface area contributed by atoms with Gasteiger partial charge in [0.15, 0.2) is 17.9 Å². The summed E-state index contributed by atoms with van der Waals surface area (Å²) < 4.78 is 0. The van der Waals surface area contributed by atoms with E-state index in [2.05, 4.69) is 9.97 Å². The molecular weight excluding hydrogens is 180 g/mol. The molecule has 0 radical (unpaired) electrons. The molecule has 0 aliphatic heterocycles. The highest BCUT2D eigenvalue weighted by Crippen LogP contribution is 2.14. The third-order valence-electron chi connectivity index (χ3n) is 1.93. The zero-order valence-corrected chi connectivity index (χ0v) is 7.24. The predicted octanol–water partition coefficient (Wildman–Crippen LogP) is 0.659. The van der Waals surface area contributed by atoms with Gasteiger partial charge in [0.2, 0.25) is 0 Å². The molecule has 4 N–H and O–H groups in total. The van der Waals surface area contributed by atoms with Crippen molar-refractivity contribution >= 4 is 23.2 Å². The van der Waals surface area contributed by atoms with Crippen LogP contribution in [0.2, 0.25) is 0 Å². The molecule has 0 unspecified atom stereocenters. The van der Waals surface area contributed by atoms with Crippen LogP contribution in [0.25, 0.3) is 11.0 Å². The summed E-state index contributed by atoms with van der Waals surface area (Å²) in [4.78, 5) is 17.6. The maximum absolute atomic E-state index is 10.7. The highest BCUT2D eigenvalue weighted by Gasteiger charge is 2.07. The van der Waals surface area contributed by atoms with Gasteiger partial charge in [-0.25, -0.2) is 4.98 Å². The van der Waals surface area contributed by atoms with Crippen LogP contribution < -0.4 is 5.73 Å².